The van der Waals surface area contributed by atoms with E-state index in [1.807, 2.05) is 19.1 Å². The number of aryl methyl sites for hydroxylation is 2. The number of carboxylic acid groups (broad SMARTS) is 1. The fourth-order valence-electron chi connectivity index (χ4n) is 6.39. The second-order valence-corrected chi connectivity index (χ2v) is 11.1. The first-order chi connectivity index (χ1) is 16.9. The van der Waals surface area contributed by atoms with Crippen LogP contribution >= 0.6 is 0 Å². The van der Waals surface area contributed by atoms with Gasteiger partial charge in [-0.1, -0.05) is 49.0 Å². The predicted molar refractivity (Wildman–Crippen MR) is 137 cm³/mol. The van der Waals surface area contributed by atoms with E-state index in [2.05, 4.69) is 30.4 Å². The number of rotatable bonds is 7. The Morgan fingerprint density at radius 2 is 1.89 bits per heavy atom. The molecule has 1 unspecified atom stereocenters. The molecule has 6 heteroatoms. The maximum Gasteiger partial charge on any atom is 0.290 e. The minimum Gasteiger partial charge on any atom is -0.483 e. The molecule has 3 saturated carbocycles. The molecule has 0 radical (unpaired) electrons. The van der Waals surface area contributed by atoms with Gasteiger partial charge in [-0.3, -0.25) is 9.59 Å². The number of benzene rings is 1. The monoisotopic (exact) mass is 480 g/mol. The number of hydrogen-bond acceptors (Lipinski definition) is 4. The number of nitrogens with zero attached hydrogens (tertiary/aromatic N) is 1. The molecule has 2 N–H and O–H groups in total. The molecule has 0 aliphatic heterocycles. The average Bonchev–Trinajstić information content (AvgIpc) is 3.57. The lowest BCUT2D eigenvalue weighted by Gasteiger charge is -2.49. The van der Waals surface area contributed by atoms with Crippen molar-refractivity contribution in [2.24, 2.45) is 5.41 Å². The van der Waals surface area contributed by atoms with Gasteiger partial charge in [0.25, 0.3) is 6.47 Å². The molecule has 190 valence electrons. The largest absolute Gasteiger partial charge is 0.483 e. The lowest BCUT2D eigenvalue weighted by molar-refractivity contribution is -0.123. The number of carbonyl (C=O) groups is 2. The van der Waals surface area contributed by atoms with Gasteiger partial charge in [-0.15, -0.1) is 0 Å². The third kappa shape index (κ3) is 5.79. The van der Waals surface area contributed by atoms with E-state index in [1.54, 1.807) is 0 Å². The molecule has 1 heterocycles. The molecule has 2 aromatic rings. The van der Waals surface area contributed by atoms with Crippen LogP contribution in [0.25, 0.3) is 0 Å². The van der Waals surface area contributed by atoms with Crippen molar-refractivity contribution in [3.05, 3.63) is 46.3 Å². The maximum atomic E-state index is 12.9. The smallest absolute Gasteiger partial charge is 0.290 e. The Hall–Kier alpha value is -2.63. The Bertz CT molecular complexity index is 1030. The van der Waals surface area contributed by atoms with Gasteiger partial charge in [0.2, 0.25) is 5.91 Å². The van der Waals surface area contributed by atoms with Crippen LogP contribution in [0, 0.1) is 19.3 Å². The van der Waals surface area contributed by atoms with Crippen LogP contribution in [-0.4, -0.2) is 22.6 Å². The van der Waals surface area contributed by atoms with Crippen molar-refractivity contribution < 1.29 is 19.2 Å². The van der Waals surface area contributed by atoms with E-state index >= 15 is 0 Å². The second-order valence-electron chi connectivity index (χ2n) is 11.1. The second kappa shape index (κ2) is 11.0. The van der Waals surface area contributed by atoms with Crippen molar-refractivity contribution in [3.8, 4) is 0 Å². The minimum absolute atomic E-state index is 0.0694. The Morgan fingerprint density at radius 3 is 2.49 bits per heavy atom. The predicted octanol–water partition coefficient (Wildman–Crippen LogP) is 7.22. The average molecular weight is 481 g/mol. The van der Waals surface area contributed by atoms with Gasteiger partial charge >= 0.3 is 0 Å². The molecule has 3 aliphatic carbocycles. The summed E-state index contributed by atoms with van der Waals surface area (Å²) >= 11 is 0. The summed E-state index contributed by atoms with van der Waals surface area (Å²) in [5, 5.41) is 14.6. The minimum atomic E-state index is -0.250. The molecule has 35 heavy (non-hydrogen) atoms. The van der Waals surface area contributed by atoms with Crippen LogP contribution in [0.3, 0.4) is 0 Å². The Labute approximate surface area is 208 Å². The van der Waals surface area contributed by atoms with Gasteiger partial charge in [0, 0.05) is 29.5 Å². The SMILES string of the molecule is CCC(CC(=O)Nc1ccc(C)cc1C)c1noc(C2CC3(CCCCC3)C2)c1C1CC1.O=CO. The molecule has 0 bridgehead atoms. The zero-order chi connectivity index (χ0) is 25.0. The molecular formula is C29H40N2O4. The molecule has 3 aliphatic rings. The summed E-state index contributed by atoms with van der Waals surface area (Å²) in [6, 6.07) is 6.16. The van der Waals surface area contributed by atoms with E-state index in [9.17, 15) is 4.79 Å². The summed E-state index contributed by atoms with van der Waals surface area (Å²) in [7, 11) is 0. The lowest BCUT2D eigenvalue weighted by Crippen LogP contribution is -2.37. The third-order valence-corrected chi connectivity index (χ3v) is 8.38. The van der Waals surface area contributed by atoms with Crippen molar-refractivity contribution in [1.82, 2.24) is 5.16 Å². The first kappa shape index (κ1) is 25.5. The summed E-state index contributed by atoms with van der Waals surface area (Å²) < 4.78 is 6.07. The summed E-state index contributed by atoms with van der Waals surface area (Å²) in [5.74, 6) is 2.52. The molecule has 3 fully saturated rings. The number of nitrogens with one attached hydrogen (secondary N) is 1. The van der Waals surface area contributed by atoms with Gasteiger partial charge in [-0.25, -0.2) is 0 Å². The van der Waals surface area contributed by atoms with E-state index in [0.29, 0.717) is 23.7 Å². The lowest BCUT2D eigenvalue weighted by atomic mass is 9.55. The molecule has 1 aromatic heterocycles. The van der Waals surface area contributed by atoms with Crippen molar-refractivity contribution in [1.29, 1.82) is 0 Å². The summed E-state index contributed by atoms with van der Waals surface area (Å²) in [6.45, 7) is 6.04. The fraction of sp³-hybridized carbons (Fsp3) is 0.621. The first-order valence-electron chi connectivity index (χ1n) is 13.3. The fourth-order valence-corrected chi connectivity index (χ4v) is 6.39. The van der Waals surface area contributed by atoms with Crippen molar-refractivity contribution >= 4 is 18.1 Å². The van der Waals surface area contributed by atoms with Crippen LogP contribution < -0.4 is 5.32 Å². The molecule has 1 atom stereocenters. The van der Waals surface area contributed by atoms with E-state index in [4.69, 9.17) is 14.4 Å². The van der Waals surface area contributed by atoms with Gasteiger partial charge in [-0.2, -0.15) is 0 Å². The normalized spacial score (nSPS) is 19.9. The summed E-state index contributed by atoms with van der Waals surface area (Å²) in [4.78, 5) is 21.3. The Kier molecular flexibility index (Phi) is 7.98. The highest BCUT2D eigenvalue weighted by atomic mass is 16.5. The van der Waals surface area contributed by atoms with Gasteiger partial charge in [0.1, 0.15) is 5.76 Å². The maximum absolute atomic E-state index is 12.9. The van der Waals surface area contributed by atoms with Crippen LogP contribution in [-0.2, 0) is 9.59 Å². The van der Waals surface area contributed by atoms with Crippen molar-refractivity contribution in [3.63, 3.8) is 0 Å². The summed E-state index contributed by atoms with van der Waals surface area (Å²) in [5.41, 5.74) is 6.27. The third-order valence-electron chi connectivity index (χ3n) is 8.38. The summed E-state index contributed by atoms with van der Waals surface area (Å²) in [6.07, 6.45) is 13.4. The quantitative estimate of drug-likeness (QED) is 0.408. The van der Waals surface area contributed by atoms with Gasteiger partial charge in [-0.05, 0) is 81.8 Å². The van der Waals surface area contributed by atoms with Gasteiger partial charge < -0.3 is 14.9 Å². The molecule has 1 aromatic carbocycles. The number of anilines is 1. The van der Waals surface area contributed by atoms with Crippen LogP contribution in [0.4, 0.5) is 5.69 Å². The molecule has 1 amide bonds. The Morgan fingerprint density at radius 1 is 1.20 bits per heavy atom. The topological polar surface area (TPSA) is 92.4 Å². The molecule has 0 saturated heterocycles. The Balaban J connectivity index is 0.000000917. The van der Waals surface area contributed by atoms with E-state index in [1.165, 1.54) is 74.7 Å². The van der Waals surface area contributed by atoms with Crippen molar-refractivity contribution in [2.75, 3.05) is 5.32 Å². The highest BCUT2D eigenvalue weighted by Crippen LogP contribution is 2.60. The molecule has 1 spiro atoms. The molecule has 5 rings (SSSR count). The number of carbonyl (C=O) groups excluding carboxylic acids is 1. The van der Waals surface area contributed by atoms with Crippen LogP contribution in [0.5, 0.6) is 0 Å². The zero-order valence-corrected chi connectivity index (χ0v) is 21.4. The number of amides is 1. The van der Waals surface area contributed by atoms with Gasteiger partial charge in [0.15, 0.2) is 0 Å². The van der Waals surface area contributed by atoms with E-state index in [0.717, 1.165) is 23.4 Å². The highest BCUT2D eigenvalue weighted by Gasteiger charge is 2.49. The van der Waals surface area contributed by atoms with Gasteiger partial charge in [0.05, 0.1) is 5.69 Å². The van der Waals surface area contributed by atoms with E-state index < -0.39 is 0 Å². The standard InChI is InChI=1S/C28H38N2O2.CH2O2/c1-4-20(15-24(31)29-23-11-8-18(2)14-19(23)3)26-25(21-9-10-21)27(32-30-26)22-16-28(17-22)12-6-5-7-13-28;2-1-3/h8,11,14,20-22H,4-7,9-10,12-13,15-17H2,1-3H3,(H,29,31);1H,(H,2,3). The van der Waals surface area contributed by atoms with Crippen molar-refractivity contribution in [2.45, 2.75) is 109 Å². The van der Waals surface area contributed by atoms with E-state index in [-0.39, 0.29) is 18.3 Å². The molecular weight excluding hydrogens is 440 g/mol. The number of aromatic nitrogens is 1. The van der Waals surface area contributed by atoms with Crippen LogP contribution in [0.1, 0.15) is 123 Å². The highest BCUT2D eigenvalue weighted by molar-refractivity contribution is 5.92. The number of hydrogen-bond donors (Lipinski definition) is 2. The van der Waals surface area contributed by atoms with Crippen LogP contribution in [0.15, 0.2) is 22.7 Å². The zero-order valence-electron chi connectivity index (χ0n) is 21.4. The molecule has 6 nitrogen and oxygen atoms in total. The van der Waals surface area contributed by atoms with Crippen LogP contribution in [0.2, 0.25) is 0 Å². The first-order valence-corrected chi connectivity index (χ1v) is 13.3.